The first kappa shape index (κ1) is 15.5. The molecule has 0 heterocycles. The van der Waals surface area contributed by atoms with Gasteiger partial charge in [-0.2, -0.15) is 0 Å². The number of amides is 1. The minimum Gasteiger partial charge on any atom is -0.394 e. The second kappa shape index (κ2) is 6.57. The molecule has 1 unspecified atom stereocenters. The molecular weight excluding hydrogens is 270 g/mol. The average molecular weight is 283 g/mol. The largest absolute Gasteiger partial charge is 0.394 e. The Hall–Kier alpha value is -2.55. The molecule has 9 heteroatoms. The fourth-order valence-corrected chi connectivity index (χ4v) is 1.48. The van der Waals surface area contributed by atoms with Crippen molar-refractivity contribution in [3.63, 3.8) is 0 Å². The molecule has 0 fully saturated rings. The Balaban J connectivity index is 3.13. The van der Waals surface area contributed by atoms with E-state index in [1.807, 2.05) is 0 Å². The van der Waals surface area contributed by atoms with E-state index in [1.165, 1.54) is 0 Å². The Morgan fingerprint density at radius 1 is 1.25 bits per heavy atom. The summed E-state index contributed by atoms with van der Waals surface area (Å²) in [6, 6.07) is 2.17. The van der Waals surface area contributed by atoms with Gasteiger partial charge >= 0.3 is 0 Å². The predicted octanol–water partition coefficient (Wildman–Crippen LogP) is 1.00. The summed E-state index contributed by atoms with van der Waals surface area (Å²) in [6.07, 6.45) is 0.458. The summed E-state index contributed by atoms with van der Waals surface area (Å²) in [5, 5.41) is 32.8. The van der Waals surface area contributed by atoms with Gasteiger partial charge in [0.1, 0.15) is 0 Å². The van der Waals surface area contributed by atoms with E-state index >= 15 is 0 Å². The first-order valence-electron chi connectivity index (χ1n) is 5.74. The molecule has 1 rings (SSSR count). The van der Waals surface area contributed by atoms with E-state index in [2.05, 4.69) is 5.32 Å². The van der Waals surface area contributed by atoms with Crippen molar-refractivity contribution in [2.45, 2.75) is 19.4 Å². The van der Waals surface area contributed by atoms with E-state index in [-0.39, 0.29) is 12.2 Å². The summed E-state index contributed by atoms with van der Waals surface area (Å²) >= 11 is 0. The van der Waals surface area contributed by atoms with Gasteiger partial charge in [-0.25, -0.2) is 0 Å². The fraction of sp³-hybridized carbons (Fsp3) is 0.364. The molecule has 1 aromatic carbocycles. The third-order valence-electron chi connectivity index (χ3n) is 2.63. The molecule has 1 amide bonds. The monoisotopic (exact) mass is 283 g/mol. The van der Waals surface area contributed by atoms with Crippen LogP contribution in [0.3, 0.4) is 0 Å². The van der Waals surface area contributed by atoms with E-state index < -0.39 is 33.2 Å². The molecule has 2 N–H and O–H groups in total. The van der Waals surface area contributed by atoms with Gasteiger partial charge in [-0.1, -0.05) is 6.92 Å². The van der Waals surface area contributed by atoms with Crippen molar-refractivity contribution in [2.75, 3.05) is 6.61 Å². The number of nitrogens with one attached hydrogen (secondary N) is 1. The average Bonchev–Trinajstić information content (AvgIpc) is 2.43. The highest BCUT2D eigenvalue weighted by molar-refractivity contribution is 5.95. The highest BCUT2D eigenvalue weighted by atomic mass is 16.6. The van der Waals surface area contributed by atoms with Gasteiger partial charge in [0.25, 0.3) is 17.3 Å². The molecule has 108 valence electrons. The number of non-ortho nitro benzene ring substituents is 2. The fourth-order valence-electron chi connectivity index (χ4n) is 1.48. The normalized spacial score (nSPS) is 11.7. The number of carbonyl (C=O) groups is 1. The van der Waals surface area contributed by atoms with Gasteiger partial charge in [-0.05, 0) is 6.42 Å². The molecular formula is C11H13N3O6. The zero-order valence-corrected chi connectivity index (χ0v) is 10.6. The standard InChI is InChI=1S/C11H13N3O6/c1-2-8(6-15)12-11(16)7-3-9(13(17)18)5-10(4-7)14(19)20/h3-5,8,15H,2,6H2,1H3,(H,12,16). The van der Waals surface area contributed by atoms with Gasteiger partial charge < -0.3 is 10.4 Å². The van der Waals surface area contributed by atoms with Crippen LogP contribution < -0.4 is 5.32 Å². The number of hydrogen-bond acceptors (Lipinski definition) is 6. The van der Waals surface area contributed by atoms with Gasteiger partial charge in [0, 0.05) is 12.1 Å². The Kier molecular flexibility index (Phi) is 5.09. The highest BCUT2D eigenvalue weighted by Gasteiger charge is 2.20. The summed E-state index contributed by atoms with van der Waals surface area (Å²) in [6.45, 7) is 1.44. The number of aliphatic hydroxyl groups excluding tert-OH is 1. The number of aliphatic hydroxyl groups is 1. The summed E-state index contributed by atoms with van der Waals surface area (Å²) in [4.78, 5) is 31.6. The van der Waals surface area contributed by atoms with E-state index in [0.29, 0.717) is 6.42 Å². The van der Waals surface area contributed by atoms with Crippen molar-refractivity contribution in [3.8, 4) is 0 Å². The van der Waals surface area contributed by atoms with Gasteiger partial charge in [0.2, 0.25) is 0 Å². The van der Waals surface area contributed by atoms with Crippen molar-refractivity contribution < 1.29 is 19.7 Å². The SMILES string of the molecule is CCC(CO)NC(=O)c1cc([N+](=O)[O-])cc([N+](=O)[O-])c1. The number of benzene rings is 1. The summed E-state index contributed by atoms with van der Waals surface area (Å²) < 4.78 is 0. The number of nitro groups is 2. The molecule has 0 bridgehead atoms. The van der Waals surface area contributed by atoms with Crippen LogP contribution in [0, 0.1) is 20.2 Å². The van der Waals surface area contributed by atoms with Crippen LogP contribution in [0.4, 0.5) is 11.4 Å². The smallest absolute Gasteiger partial charge is 0.277 e. The van der Waals surface area contributed by atoms with Crippen LogP contribution >= 0.6 is 0 Å². The predicted molar refractivity (Wildman–Crippen MR) is 68.4 cm³/mol. The quantitative estimate of drug-likeness (QED) is 0.590. The van der Waals surface area contributed by atoms with Gasteiger partial charge in [0.15, 0.2) is 0 Å². The molecule has 0 aliphatic rings. The Labute approximate surface area is 113 Å². The van der Waals surface area contributed by atoms with Gasteiger partial charge in [0.05, 0.1) is 34.1 Å². The number of nitro benzene ring substituents is 2. The van der Waals surface area contributed by atoms with Crippen LogP contribution in [0.2, 0.25) is 0 Å². The number of rotatable bonds is 6. The maximum Gasteiger partial charge on any atom is 0.277 e. The van der Waals surface area contributed by atoms with Crippen molar-refractivity contribution >= 4 is 17.3 Å². The molecule has 0 radical (unpaired) electrons. The maximum atomic E-state index is 11.9. The van der Waals surface area contributed by atoms with Crippen molar-refractivity contribution in [1.29, 1.82) is 0 Å². The minimum absolute atomic E-state index is 0.196. The molecule has 0 spiro atoms. The molecule has 0 aliphatic carbocycles. The number of carbonyl (C=O) groups excluding carboxylic acids is 1. The summed E-state index contributed by atoms with van der Waals surface area (Å²) in [5.74, 6) is -0.710. The Bertz CT molecular complexity index is 509. The first-order valence-corrected chi connectivity index (χ1v) is 5.74. The molecule has 9 nitrogen and oxygen atoms in total. The third kappa shape index (κ3) is 3.72. The van der Waals surface area contributed by atoms with Gasteiger partial charge in [-0.15, -0.1) is 0 Å². The minimum atomic E-state index is -0.812. The number of hydrogen-bond donors (Lipinski definition) is 2. The van der Waals surface area contributed by atoms with Crippen molar-refractivity contribution in [3.05, 3.63) is 44.0 Å². The Morgan fingerprint density at radius 2 is 1.75 bits per heavy atom. The van der Waals surface area contributed by atoms with Crippen LogP contribution in [0.1, 0.15) is 23.7 Å². The topological polar surface area (TPSA) is 136 Å². The van der Waals surface area contributed by atoms with Crippen LogP contribution in [0.5, 0.6) is 0 Å². The molecule has 0 saturated carbocycles. The highest BCUT2D eigenvalue weighted by Crippen LogP contribution is 2.22. The third-order valence-corrected chi connectivity index (χ3v) is 2.63. The Morgan fingerprint density at radius 3 is 2.10 bits per heavy atom. The van der Waals surface area contributed by atoms with Gasteiger partial charge in [-0.3, -0.25) is 25.0 Å². The molecule has 0 aliphatic heterocycles. The molecule has 1 aromatic rings. The van der Waals surface area contributed by atoms with Crippen LogP contribution in [-0.4, -0.2) is 33.5 Å². The second-order valence-corrected chi connectivity index (χ2v) is 4.01. The molecule has 20 heavy (non-hydrogen) atoms. The lowest BCUT2D eigenvalue weighted by atomic mass is 10.1. The lowest BCUT2D eigenvalue weighted by Gasteiger charge is -2.13. The zero-order chi connectivity index (χ0) is 15.3. The summed E-state index contributed by atoms with van der Waals surface area (Å²) in [7, 11) is 0. The molecule has 0 aromatic heterocycles. The zero-order valence-electron chi connectivity index (χ0n) is 10.6. The lowest BCUT2D eigenvalue weighted by molar-refractivity contribution is -0.394. The van der Waals surface area contributed by atoms with E-state index in [1.54, 1.807) is 6.92 Å². The van der Waals surface area contributed by atoms with E-state index in [4.69, 9.17) is 5.11 Å². The first-order chi connectivity index (χ1) is 9.38. The maximum absolute atomic E-state index is 11.9. The van der Waals surface area contributed by atoms with E-state index in [0.717, 1.165) is 18.2 Å². The van der Waals surface area contributed by atoms with E-state index in [9.17, 15) is 25.0 Å². The number of nitrogens with zero attached hydrogens (tertiary/aromatic N) is 2. The molecule has 1 atom stereocenters. The van der Waals surface area contributed by atoms with Crippen molar-refractivity contribution in [2.24, 2.45) is 0 Å². The molecule has 0 saturated heterocycles. The second-order valence-electron chi connectivity index (χ2n) is 4.01. The van der Waals surface area contributed by atoms with Crippen LogP contribution in [-0.2, 0) is 0 Å². The van der Waals surface area contributed by atoms with Crippen LogP contribution in [0.15, 0.2) is 18.2 Å². The van der Waals surface area contributed by atoms with Crippen molar-refractivity contribution in [1.82, 2.24) is 5.32 Å². The lowest BCUT2D eigenvalue weighted by Crippen LogP contribution is -2.36. The summed E-state index contributed by atoms with van der Waals surface area (Å²) in [5.41, 5.74) is -1.28. The van der Waals surface area contributed by atoms with Crippen LogP contribution in [0.25, 0.3) is 0 Å².